The van der Waals surface area contributed by atoms with Gasteiger partial charge in [-0.1, -0.05) is 49.1 Å². The molecule has 0 bridgehead atoms. The number of aromatic nitrogens is 2. The maximum Gasteiger partial charge on any atom is 0.290 e. The number of rotatable bonds is 8. The van der Waals surface area contributed by atoms with Crippen molar-refractivity contribution < 1.29 is 23.5 Å². The number of hydrogen-bond donors (Lipinski definition) is 2. The van der Waals surface area contributed by atoms with Crippen molar-refractivity contribution in [1.29, 1.82) is 0 Å². The number of carbonyl (C=O) groups excluding carboxylic acids is 1. The van der Waals surface area contributed by atoms with Crippen LogP contribution in [0.4, 0.5) is 4.39 Å². The van der Waals surface area contributed by atoms with E-state index in [-0.39, 0.29) is 30.7 Å². The molecule has 2 heterocycles. The quantitative estimate of drug-likeness (QED) is 0.459. The fourth-order valence-corrected chi connectivity index (χ4v) is 3.67. The number of hydrogen-bond acceptors (Lipinski definition) is 6. The third kappa shape index (κ3) is 7.21. The lowest BCUT2D eigenvalue weighted by Crippen LogP contribution is -2.36. The van der Waals surface area contributed by atoms with E-state index < -0.39 is 6.04 Å². The highest BCUT2D eigenvalue weighted by Gasteiger charge is 2.34. The van der Waals surface area contributed by atoms with E-state index in [0.29, 0.717) is 30.3 Å². The van der Waals surface area contributed by atoms with Crippen molar-refractivity contribution in [3.8, 4) is 0 Å². The predicted octanol–water partition coefficient (Wildman–Crippen LogP) is 3.68. The van der Waals surface area contributed by atoms with Crippen molar-refractivity contribution >= 4 is 18.0 Å². The van der Waals surface area contributed by atoms with Gasteiger partial charge in [-0.3, -0.25) is 9.59 Å². The smallest absolute Gasteiger partial charge is 0.290 e. The van der Waals surface area contributed by atoms with Crippen LogP contribution in [-0.2, 0) is 16.0 Å². The Labute approximate surface area is 192 Å². The van der Waals surface area contributed by atoms with Gasteiger partial charge in [0.25, 0.3) is 6.47 Å². The molecule has 3 rings (SSSR count). The molecule has 1 aliphatic heterocycles. The first kappa shape index (κ1) is 25.7. The lowest BCUT2D eigenvalue weighted by molar-refractivity contribution is -0.133. The monoisotopic (exact) mass is 456 g/mol. The fraction of sp³-hybridized carbons (Fsp3) is 0.333. The topological polar surface area (TPSA) is 123 Å². The summed E-state index contributed by atoms with van der Waals surface area (Å²) < 4.78 is 19.7. The van der Waals surface area contributed by atoms with E-state index in [1.165, 1.54) is 6.07 Å². The summed E-state index contributed by atoms with van der Waals surface area (Å²) in [6.07, 6.45) is 9.21. The van der Waals surface area contributed by atoms with Crippen molar-refractivity contribution in [3.63, 3.8) is 0 Å². The van der Waals surface area contributed by atoms with Gasteiger partial charge in [-0.25, -0.2) is 4.39 Å². The van der Waals surface area contributed by atoms with E-state index in [9.17, 15) is 9.18 Å². The summed E-state index contributed by atoms with van der Waals surface area (Å²) in [5.41, 5.74) is 7.42. The Morgan fingerprint density at radius 2 is 2.15 bits per heavy atom. The minimum absolute atomic E-state index is 0.0867. The first-order chi connectivity index (χ1) is 15.9. The number of likely N-dealkylation sites (tertiary alicyclic amines) is 1. The normalized spacial score (nSPS) is 16.9. The third-order valence-corrected chi connectivity index (χ3v) is 5.07. The molecule has 1 aliphatic rings. The number of nitrogens with two attached hydrogens (primary N) is 1. The summed E-state index contributed by atoms with van der Waals surface area (Å²) in [6.45, 7) is 5.96. The molecular weight excluding hydrogens is 427 g/mol. The predicted molar refractivity (Wildman–Crippen MR) is 122 cm³/mol. The Morgan fingerprint density at radius 3 is 2.82 bits per heavy atom. The van der Waals surface area contributed by atoms with Gasteiger partial charge in [0.2, 0.25) is 17.7 Å². The molecule has 1 amide bonds. The molecule has 2 unspecified atom stereocenters. The third-order valence-electron chi connectivity index (χ3n) is 5.07. The average molecular weight is 457 g/mol. The summed E-state index contributed by atoms with van der Waals surface area (Å²) in [6, 6.07) is 5.75. The zero-order valence-corrected chi connectivity index (χ0v) is 18.6. The lowest BCUT2D eigenvalue weighted by Gasteiger charge is -2.23. The van der Waals surface area contributed by atoms with Crippen molar-refractivity contribution in [2.24, 2.45) is 5.73 Å². The molecule has 0 radical (unpaired) electrons. The molecule has 33 heavy (non-hydrogen) atoms. The maximum atomic E-state index is 13.9. The van der Waals surface area contributed by atoms with Gasteiger partial charge in [-0.05, 0) is 37.8 Å². The van der Waals surface area contributed by atoms with E-state index in [4.69, 9.17) is 20.1 Å². The Morgan fingerprint density at radius 1 is 1.42 bits per heavy atom. The highest BCUT2D eigenvalue weighted by atomic mass is 19.1. The molecule has 176 valence electrons. The van der Waals surface area contributed by atoms with Gasteiger partial charge in [0.05, 0.1) is 0 Å². The number of halogens is 1. The largest absolute Gasteiger partial charge is 0.483 e. The molecule has 1 aromatic heterocycles. The number of carbonyl (C=O) groups is 2. The molecule has 0 aliphatic carbocycles. The molecule has 8 nitrogen and oxygen atoms in total. The van der Waals surface area contributed by atoms with E-state index in [1.54, 1.807) is 35.3 Å². The minimum Gasteiger partial charge on any atom is -0.483 e. The zero-order chi connectivity index (χ0) is 24.2. The summed E-state index contributed by atoms with van der Waals surface area (Å²) in [5.74, 6) is 0.412. The standard InChI is InChI=1S/C23H27FN4O2.CH2O2/c1-3-8-16(9-4-2)22-26-27-23(30-22)20-12-7-13-28(20)21(29)15-18(25)14-17-10-5-6-11-19(17)24;2-1-3/h3-6,8-11,18,20H,1,7,12-15,25H2,2H3;1H,(H,2,3). The van der Waals surface area contributed by atoms with Crippen molar-refractivity contribution in [2.45, 2.75) is 44.7 Å². The van der Waals surface area contributed by atoms with Crippen LogP contribution in [0.3, 0.4) is 0 Å². The van der Waals surface area contributed by atoms with Crippen molar-refractivity contribution in [2.75, 3.05) is 6.54 Å². The summed E-state index contributed by atoms with van der Waals surface area (Å²) in [4.78, 5) is 23.0. The number of allylic oxidation sites excluding steroid dienone is 5. The molecule has 0 saturated carbocycles. The van der Waals surface area contributed by atoms with Crippen LogP contribution in [-0.4, -0.2) is 45.2 Å². The molecule has 1 fully saturated rings. The van der Waals surface area contributed by atoms with Gasteiger partial charge < -0.3 is 20.2 Å². The van der Waals surface area contributed by atoms with Crippen LogP contribution in [0.25, 0.3) is 5.57 Å². The number of nitrogens with zero attached hydrogens (tertiary/aromatic N) is 3. The summed E-state index contributed by atoms with van der Waals surface area (Å²) in [5, 5.41) is 15.2. The summed E-state index contributed by atoms with van der Waals surface area (Å²) >= 11 is 0. The highest BCUT2D eigenvalue weighted by Crippen LogP contribution is 2.32. The van der Waals surface area contributed by atoms with Crippen LogP contribution >= 0.6 is 0 Å². The van der Waals surface area contributed by atoms with Gasteiger partial charge in [-0.2, -0.15) is 0 Å². The number of amides is 1. The lowest BCUT2D eigenvalue weighted by atomic mass is 10.0. The van der Waals surface area contributed by atoms with Gasteiger partial charge in [0.1, 0.15) is 11.9 Å². The van der Waals surface area contributed by atoms with Crippen LogP contribution in [0.15, 0.2) is 59.6 Å². The molecule has 2 atom stereocenters. The zero-order valence-electron chi connectivity index (χ0n) is 18.6. The molecule has 3 N–H and O–H groups in total. The maximum absolute atomic E-state index is 13.9. The molecule has 1 saturated heterocycles. The molecular formula is C24H29FN4O4. The highest BCUT2D eigenvalue weighted by molar-refractivity contribution is 5.77. The molecule has 9 heteroatoms. The Hall–Kier alpha value is -3.59. The number of benzene rings is 1. The van der Waals surface area contributed by atoms with Crippen molar-refractivity contribution in [3.05, 3.63) is 78.3 Å². The van der Waals surface area contributed by atoms with Gasteiger partial charge in [-0.15, -0.1) is 10.2 Å². The van der Waals surface area contributed by atoms with Crippen LogP contribution < -0.4 is 5.73 Å². The van der Waals surface area contributed by atoms with Crippen molar-refractivity contribution in [1.82, 2.24) is 15.1 Å². The van der Waals surface area contributed by atoms with E-state index in [0.717, 1.165) is 18.4 Å². The van der Waals surface area contributed by atoms with Crippen LogP contribution in [0, 0.1) is 5.82 Å². The van der Waals surface area contributed by atoms with Gasteiger partial charge in [0, 0.05) is 24.6 Å². The fourth-order valence-electron chi connectivity index (χ4n) is 3.67. The second-order valence-electron chi connectivity index (χ2n) is 7.41. The number of carboxylic acid groups (broad SMARTS) is 1. The molecule has 2 aromatic rings. The first-order valence-electron chi connectivity index (χ1n) is 10.6. The Balaban J connectivity index is 0.00000122. The molecule has 0 spiro atoms. The molecule has 1 aromatic carbocycles. The van der Waals surface area contributed by atoms with E-state index >= 15 is 0 Å². The first-order valence-corrected chi connectivity index (χ1v) is 10.6. The van der Waals surface area contributed by atoms with E-state index in [2.05, 4.69) is 16.8 Å². The van der Waals surface area contributed by atoms with Gasteiger partial charge >= 0.3 is 0 Å². The SMILES string of the molecule is C=CC=C(C=CC)c1nnc(C2CCCN2C(=O)CC(N)Cc2ccccc2F)o1.O=CO. The Kier molecular flexibility index (Phi) is 10.2. The second kappa shape index (κ2) is 13.1. The second-order valence-corrected chi connectivity index (χ2v) is 7.41. The van der Waals surface area contributed by atoms with E-state index in [1.807, 2.05) is 19.1 Å². The average Bonchev–Trinajstić information content (AvgIpc) is 3.45. The summed E-state index contributed by atoms with van der Waals surface area (Å²) in [7, 11) is 0. The van der Waals surface area contributed by atoms with Gasteiger partial charge in [0.15, 0.2) is 0 Å². The Bertz CT molecular complexity index is 1000. The van der Waals surface area contributed by atoms with Crippen LogP contribution in [0.1, 0.15) is 49.6 Å². The van der Waals surface area contributed by atoms with Crippen LogP contribution in [0.2, 0.25) is 0 Å². The van der Waals surface area contributed by atoms with Crippen LogP contribution in [0.5, 0.6) is 0 Å². The minimum atomic E-state index is -0.467.